The first-order valence-corrected chi connectivity index (χ1v) is 4.70. The second-order valence-electron chi connectivity index (χ2n) is 1.03. The third kappa shape index (κ3) is 1790. The van der Waals surface area contributed by atoms with Crippen LogP contribution in [0.4, 0.5) is 0 Å². The molecular formula is C4H23NaO8P2. The Hall–Kier alpha value is 1.22. The van der Waals surface area contributed by atoms with E-state index in [1.165, 1.54) is 0 Å². The van der Waals surface area contributed by atoms with Gasteiger partial charge in [-0.1, -0.05) is 29.7 Å². The van der Waals surface area contributed by atoms with Crippen LogP contribution in [-0.4, -0.2) is 58.9 Å². The standard InChI is InChI=1S/4CH4.Na.2H3O4P.H/c;;;;;2*1-5(2,3)4;/h4*1H4;;2*(H3,1,2,3,4);. The van der Waals surface area contributed by atoms with Gasteiger partial charge in [-0.05, 0) is 0 Å². The Morgan fingerprint density at radius 3 is 0.533 bits per heavy atom. The van der Waals surface area contributed by atoms with E-state index in [0.717, 1.165) is 0 Å². The predicted octanol–water partition coefficient (Wildman–Crippen LogP) is 0.0387. The molecule has 0 rings (SSSR count). The van der Waals surface area contributed by atoms with Gasteiger partial charge in [0.2, 0.25) is 0 Å². The van der Waals surface area contributed by atoms with E-state index < -0.39 is 15.6 Å². The van der Waals surface area contributed by atoms with Crippen LogP contribution < -0.4 is 0 Å². The van der Waals surface area contributed by atoms with Gasteiger partial charge in [0.25, 0.3) is 0 Å². The van der Waals surface area contributed by atoms with E-state index in [1.807, 2.05) is 0 Å². The molecule has 6 N–H and O–H groups in total. The molecule has 11 heteroatoms. The van der Waals surface area contributed by atoms with Gasteiger partial charge < -0.3 is 29.4 Å². The fourth-order valence-electron chi connectivity index (χ4n) is 0. The number of hydrogen-bond donors (Lipinski definition) is 6. The van der Waals surface area contributed by atoms with Crippen LogP contribution in [-0.2, 0) is 9.13 Å². The quantitative estimate of drug-likeness (QED) is 0.269. The summed E-state index contributed by atoms with van der Waals surface area (Å²) in [5.41, 5.74) is 0. The van der Waals surface area contributed by atoms with Crippen molar-refractivity contribution in [2.24, 2.45) is 0 Å². The van der Waals surface area contributed by atoms with Crippen LogP contribution in [0.1, 0.15) is 29.7 Å². The summed E-state index contributed by atoms with van der Waals surface area (Å²) in [4.78, 5) is 43.1. The van der Waals surface area contributed by atoms with Crippen LogP contribution in [0.2, 0.25) is 0 Å². The Balaban J connectivity index is -0.0000000128. The molecule has 15 heavy (non-hydrogen) atoms. The molecule has 0 heterocycles. The number of hydrogen-bond acceptors (Lipinski definition) is 2. The van der Waals surface area contributed by atoms with Gasteiger partial charge in [0, 0.05) is 0 Å². The van der Waals surface area contributed by atoms with Gasteiger partial charge in [-0.15, -0.1) is 0 Å². The normalized spacial score (nSPS) is 7.87. The van der Waals surface area contributed by atoms with Crippen LogP contribution in [0.15, 0.2) is 0 Å². The van der Waals surface area contributed by atoms with E-state index in [-0.39, 0.29) is 59.3 Å². The van der Waals surface area contributed by atoms with Crippen LogP contribution in [0.5, 0.6) is 0 Å². The molecule has 0 saturated carbocycles. The molecule has 0 unspecified atom stereocenters. The summed E-state index contributed by atoms with van der Waals surface area (Å²) in [6.07, 6.45) is 0. The molecule has 0 aliphatic carbocycles. The van der Waals surface area contributed by atoms with E-state index in [2.05, 4.69) is 0 Å². The van der Waals surface area contributed by atoms with Crippen LogP contribution in [0.25, 0.3) is 0 Å². The minimum absolute atomic E-state index is 0. The molecule has 0 saturated heterocycles. The number of rotatable bonds is 0. The summed E-state index contributed by atoms with van der Waals surface area (Å²) in [5, 5.41) is 0. The number of phosphoric acid groups is 2. The van der Waals surface area contributed by atoms with E-state index in [0.29, 0.717) is 0 Å². The Morgan fingerprint density at radius 2 is 0.533 bits per heavy atom. The average Bonchev–Trinajstić information content (AvgIpc) is 1.12. The van der Waals surface area contributed by atoms with Crippen molar-refractivity contribution in [3.05, 3.63) is 0 Å². The molecule has 8 nitrogen and oxygen atoms in total. The molecular weight excluding hydrogens is 261 g/mol. The van der Waals surface area contributed by atoms with Crippen molar-refractivity contribution < 1.29 is 38.5 Å². The van der Waals surface area contributed by atoms with E-state index in [1.54, 1.807) is 0 Å². The van der Waals surface area contributed by atoms with Crippen molar-refractivity contribution in [2.45, 2.75) is 29.7 Å². The molecule has 0 aromatic heterocycles. The summed E-state index contributed by atoms with van der Waals surface area (Å²) >= 11 is 0. The SMILES string of the molecule is C.C.C.C.O=P(O)(O)O.O=P(O)(O)O.[NaH]. The Morgan fingerprint density at radius 1 is 0.533 bits per heavy atom. The van der Waals surface area contributed by atoms with Crippen LogP contribution in [0.3, 0.4) is 0 Å². The fourth-order valence-corrected chi connectivity index (χ4v) is 0. The second-order valence-corrected chi connectivity index (χ2v) is 3.08. The Kier molecular flexibility index (Phi) is 51.9. The van der Waals surface area contributed by atoms with E-state index in [4.69, 9.17) is 38.5 Å². The fraction of sp³-hybridized carbons (Fsp3) is 1.00. The summed E-state index contributed by atoms with van der Waals surface area (Å²) < 4.78 is 17.8. The molecule has 98 valence electrons. The van der Waals surface area contributed by atoms with E-state index in [9.17, 15) is 0 Å². The Labute approximate surface area is 113 Å². The van der Waals surface area contributed by atoms with Crippen LogP contribution >= 0.6 is 15.6 Å². The molecule has 0 radical (unpaired) electrons. The third-order valence-electron chi connectivity index (χ3n) is 0. The van der Waals surface area contributed by atoms with Gasteiger partial charge >= 0.3 is 45.2 Å². The van der Waals surface area contributed by atoms with Gasteiger partial charge in [-0.25, -0.2) is 9.13 Å². The molecule has 0 aromatic rings. The van der Waals surface area contributed by atoms with E-state index >= 15 is 0 Å². The predicted molar refractivity (Wildman–Crippen MR) is 62.6 cm³/mol. The molecule has 0 aliphatic rings. The van der Waals surface area contributed by atoms with Gasteiger partial charge in [0.15, 0.2) is 0 Å². The van der Waals surface area contributed by atoms with Gasteiger partial charge in [-0.3, -0.25) is 0 Å². The van der Waals surface area contributed by atoms with Crippen molar-refractivity contribution in [1.29, 1.82) is 0 Å². The summed E-state index contributed by atoms with van der Waals surface area (Å²) in [6.45, 7) is 0. The van der Waals surface area contributed by atoms with Gasteiger partial charge in [-0.2, -0.15) is 0 Å². The zero-order valence-electron chi connectivity index (χ0n) is 4.39. The molecule has 0 atom stereocenters. The molecule has 0 bridgehead atoms. The maximum atomic E-state index is 8.88. The molecule has 0 fully saturated rings. The van der Waals surface area contributed by atoms with Crippen LogP contribution in [0, 0.1) is 0 Å². The monoisotopic (exact) mass is 284 g/mol. The van der Waals surface area contributed by atoms with Crippen molar-refractivity contribution in [2.75, 3.05) is 0 Å². The zero-order valence-corrected chi connectivity index (χ0v) is 6.18. The molecule has 0 spiro atoms. The maximum absolute atomic E-state index is 8.88. The molecule has 0 amide bonds. The Bertz CT molecular complexity index is 137. The topological polar surface area (TPSA) is 156 Å². The third-order valence-corrected chi connectivity index (χ3v) is 0. The zero-order chi connectivity index (χ0) is 9.00. The first-order valence-electron chi connectivity index (χ1n) is 1.57. The van der Waals surface area contributed by atoms with Crippen molar-refractivity contribution >= 4 is 45.2 Å². The molecule has 0 aromatic carbocycles. The summed E-state index contributed by atoms with van der Waals surface area (Å²) in [7, 11) is -9.28. The average molecular weight is 284 g/mol. The second kappa shape index (κ2) is 17.6. The van der Waals surface area contributed by atoms with Gasteiger partial charge in [0.1, 0.15) is 0 Å². The first-order chi connectivity index (χ1) is 4.00. The summed E-state index contributed by atoms with van der Waals surface area (Å²) in [5.74, 6) is 0. The molecule has 0 aliphatic heterocycles. The van der Waals surface area contributed by atoms with Crippen molar-refractivity contribution in [3.63, 3.8) is 0 Å². The summed E-state index contributed by atoms with van der Waals surface area (Å²) in [6, 6.07) is 0. The van der Waals surface area contributed by atoms with Gasteiger partial charge in [0.05, 0.1) is 0 Å². The van der Waals surface area contributed by atoms with Crippen molar-refractivity contribution in [3.8, 4) is 0 Å². The van der Waals surface area contributed by atoms with Crippen molar-refractivity contribution in [1.82, 2.24) is 0 Å². The minimum atomic E-state index is -4.64. The first kappa shape index (κ1) is 44.2.